The number of aromatic nitrogens is 3. The molecule has 2 aliphatic carbocycles. The Hall–Kier alpha value is -5.70. The van der Waals surface area contributed by atoms with Crippen molar-refractivity contribution in [2.45, 2.75) is 88.4 Å². The molecule has 4 aromatic rings. The Labute approximate surface area is 341 Å². The lowest BCUT2D eigenvalue weighted by atomic mass is 9.57. The second kappa shape index (κ2) is 16.2. The summed E-state index contributed by atoms with van der Waals surface area (Å²) < 4.78 is 31.7. The van der Waals surface area contributed by atoms with Crippen LogP contribution in [0.5, 0.6) is 0 Å². The van der Waals surface area contributed by atoms with Crippen LogP contribution in [0.4, 0.5) is 26.1 Å². The zero-order valence-electron chi connectivity index (χ0n) is 32.8. The molecule has 1 spiro atoms. The number of halogens is 2. The summed E-state index contributed by atoms with van der Waals surface area (Å²) in [4.78, 5) is 62.5. The maximum atomic E-state index is 15.2. The van der Waals surface area contributed by atoms with Gasteiger partial charge in [0.2, 0.25) is 23.7 Å². The Morgan fingerprint density at radius 2 is 1.61 bits per heavy atom. The van der Waals surface area contributed by atoms with Crippen LogP contribution in [-0.4, -0.2) is 87.5 Å². The molecular formula is C44H49F2N9O4. The van der Waals surface area contributed by atoms with E-state index in [1.54, 1.807) is 54.7 Å². The van der Waals surface area contributed by atoms with Crippen molar-refractivity contribution in [2.24, 2.45) is 11.3 Å². The van der Waals surface area contributed by atoms with Crippen molar-refractivity contribution >= 4 is 35.0 Å². The number of anilines is 3. The number of rotatable bonds is 10. The van der Waals surface area contributed by atoms with Gasteiger partial charge in [-0.15, -0.1) is 0 Å². The zero-order chi connectivity index (χ0) is 40.7. The van der Waals surface area contributed by atoms with Crippen LogP contribution in [0.2, 0.25) is 0 Å². The van der Waals surface area contributed by atoms with Crippen LogP contribution in [0.25, 0.3) is 16.9 Å². The van der Waals surface area contributed by atoms with E-state index >= 15 is 4.39 Å². The first-order valence-electron chi connectivity index (χ1n) is 20.8. The van der Waals surface area contributed by atoms with Gasteiger partial charge in [-0.1, -0.05) is 18.2 Å². The summed E-state index contributed by atoms with van der Waals surface area (Å²) in [5.41, 5.74) is 2.45. The Bertz CT molecular complexity index is 2290. The Morgan fingerprint density at radius 3 is 2.36 bits per heavy atom. The number of benzene rings is 2. The molecule has 0 bridgehead atoms. The van der Waals surface area contributed by atoms with Crippen molar-refractivity contribution in [1.82, 2.24) is 30.1 Å². The standard InChI is InChI=1S/C44H49F2N9O4/c45-34-21-31(48-36-12-14-38(56)51-42(36)59)11-13-37(34)53-18-15-32(16-19-53)54-25-44(26-54)22-28(23-44)41(58)49-29-7-9-30(10-8-29)50-43-47-24-35(46)40(52-43)27-4-3-5-33(20-27)55-17-2-1-6-39(55)57/h1-6,11,13,17,20-21,24,28-30,32,36,48H,7-10,12,14-16,18-19,22-23,25-26H2,(H,49,58)(H,47,50,52)(H,51,56,59). The van der Waals surface area contributed by atoms with Crippen LogP contribution in [-0.2, 0) is 14.4 Å². The van der Waals surface area contributed by atoms with Gasteiger partial charge in [0.25, 0.3) is 5.56 Å². The fraction of sp³-hybridized carbons (Fsp3) is 0.455. The lowest BCUT2D eigenvalue weighted by molar-refractivity contribution is -0.150. The molecule has 3 saturated heterocycles. The highest BCUT2D eigenvalue weighted by atomic mass is 19.1. The average molecular weight is 806 g/mol. The molecule has 2 aromatic heterocycles. The third-order valence-electron chi connectivity index (χ3n) is 13.0. The highest BCUT2D eigenvalue weighted by molar-refractivity contribution is 6.01. The minimum absolute atomic E-state index is 0.0512. The highest BCUT2D eigenvalue weighted by Gasteiger charge is 2.55. The maximum absolute atomic E-state index is 15.2. The fourth-order valence-corrected chi connectivity index (χ4v) is 9.83. The molecule has 13 nitrogen and oxygen atoms in total. The van der Waals surface area contributed by atoms with E-state index in [2.05, 4.69) is 41.0 Å². The minimum Gasteiger partial charge on any atom is -0.374 e. The van der Waals surface area contributed by atoms with Crippen LogP contribution in [0.15, 0.2) is 77.9 Å². The second-order valence-electron chi connectivity index (χ2n) is 17.1. The number of piperidine rings is 2. The number of likely N-dealkylation sites (tertiary alicyclic amines) is 1. The molecule has 2 saturated carbocycles. The summed E-state index contributed by atoms with van der Waals surface area (Å²) in [6, 6.07) is 17.1. The smallest absolute Gasteiger partial charge is 0.255 e. The number of nitrogens with zero attached hydrogens (tertiary/aromatic N) is 5. The molecule has 4 N–H and O–H groups in total. The molecular weight excluding hydrogens is 757 g/mol. The third kappa shape index (κ3) is 8.30. The van der Waals surface area contributed by atoms with Crippen LogP contribution in [0.1, 0.15) is 64.2 Å². The fourth-order valence-electron chi connectivity index (χ4n) is 9.83. The molecule has 5 fully saturated rings. The van der Waals surface area contributed by atoms with E-state index in [9.17, 15) is 23.6 Å². The van der Waals surface area contributed by atoms with Gasteiger partial charge in [0.05, 0.1) is 11.9 Å². The number of amides is 3. The SMILES string of the molecule is O=C1CCC(Nc2ccc(N3CCC(N4CC5(CC(C(=O)NC6CCC(Nc7ncc(F)c(-c8cccc(-n9ccccc9=O)c8)n7)CC6)C5)C4)CC3)c(F)c2)C(=O)N1. The summed E-state index contributed by atoms with van der Waals surface area (Å²) in [5.74, 6) is -0.988. The van der Waals surface area contributed by atoms with Gasteiger partial charge in [0.15, 0.2) is 5.82 Å². The number of imide groups is 1. The maximum Gasteiger partial charge on any atom is 0.255 e. The molecule has 15 heteroatoms. The number of hydrogen-bond acceptors (Lipinski definition) is 10. The van der Waals surface area contributed by atoms with Crippen molar-refractivity contribution in [3.8, 4) is 16.9 Å². The molecule has 5 heterocycles. The van der Waals surface area contributed by atoms with Gasteiger partial charge in [-0.2, -0.15) is 0 Å². The molecule has 3 amide bonds. The predicted octanol–water partition coefficient (Wildman–Crippen LogP) is 5.01. The van der Waals surface area contributed by atoms with Gasteiger partial charge < -0.3 is 20.9 Å². The van der Waals surface area contributed by atoms with Crippen LogP contribution in [0.3, 0.4) is 0 Å². The number of hydrogen-bond donors (Lipinski definition) is 4. The Kier molecular flexibility index (Phi) is 10.6. The van der Waals surface area contributed by atoms with Crippen LogP contribution < -0.4 is 31.7 Å². The summed E-state index contributed by atoms with van der Waals surface area (Å²) in [6.07, 6.45) is 10.6. The van der Waals surface area contributed by atoms with E-state index in [0.717, 1.165) is 77.5 Å². The van der Waals surface area contributed by atoms with Crippen molar-refractivity contribution < 1.29 is 23.2 Å². The normalized spacial score (nSPS) is 23.6. The van der Waals surface area contributed by atoms with Crippen LogP contribution >= 0.6 is 0 Å². The topological polar surface area (TPSA) is 154 Å². The van der Waals surface area contributed by atoms with E-state index < -0.39 is 11.9 Å². The number of carbonyl (C=O) groups excluding carboxylic acids is 3. The first-order chi connectivity index (χ1) is 28.6. The van der Waals surface area contributed by atoms with Crippen LogP contribution in [0, 0.1) is 23.0 Å². The first kappa shape index (κ1) is 38.8. The molecule has 1 atom stereocenters. The second-order valence-corrected chi connectivity index (χ2v) is 17.1. The van der Waals surface area contributed by atoms with Gasteiger partial charge >= 0.3 is 0 Å². The van der Waals surface area contributed by atoms with E-state index in [4.69, 9.17) is 0 Å². The summed E-state index contributed by atoms with van der Waals surface area (Å²) >= 11 is 0. The minimum atomic E-state index is -0.556. The zero-order valence-corrected chi connectivity index (χ0v) is 32.8. The van der Waals surface area contributed by atoms with Gasteiger partial charge in [-0.3, -0.25) is 34.0 Å². The van der Waals surface area contributed by atoms with Gasteiger partial charge in [0, 0.05) is 85.8 Å². The lowest BCUT2D eigenvalue weighted by Crippen LogP contribution is -2.67. The number of carbonyl (C=O) groups is 3. The first-order valence-corrected chi connectivity index (χ1v) is 20.8. The monoisotopic (exact) mass is 805 g/mol. The van der Waals surface area contributed by atoms with E-state index in [1.807, 2.05) is 0 Å². The molecule has 2 aromatic carbocycles. The third-order valence-corrected chi connectivity index (χ3v) is 13.0. The quantitative estimate of drug-likeness (QED) is 0.161. The van der Waals surface area contributed by atoms with E-state index in [-0.39, 0.29) is 64.6 Å². The van der Waals surface area contributed by atoms with Crippen molar-refractivity contribution in [3.05, 3.63) is 95.0 Å². The highest BCUT2D eigenvalue weighted by Crippen LogP contribution is 2.53. The molecule has 0 radical (unpaired) electrons. The lowest BCUT2D eigenvalue weighted by Gasteiger charge is -2.61. The molecule has 308 valence electrons. The summed E-state index contributed by atoms with van der Waals surface area (Å²) in [7, 11) is 0. The molecule has 9 rings (SSSR count). The van der Waals surface area contributed by atoms with Gasteiger partial charge in [-0.05, 0) is 99.6 Å². The van der Waals surface area contributed by atoms with Gasteiger partial charge in [-0.25, -0.2) is 18.7 Å². The van der Waals surface area contributed by atoms with Crippen molar-refractivity contribution in [2.75, 3.05) is 41.7 Å². The summed E-state index contributed by atoms with van der Waals surface area (Å²) in [5, 5.41) is 12.1. The average Bonchev–Trinajstić information content (AvgIpc) is 3.20. The molecule has 59 heavy (non-hydrogen) atoms. The summed E-state index contributed by atoms with van der Waals surface area (Å²) in [6.45, 7) is 3.55. The van der Waals surface area contributed by atoms with Crippen molar-refractivity contribution in [1.29, 1.82) is 0 Å². The predicted molar refractivity (Wildman–Crippen MR) is 219 cm³/mol. The molecule has 5 aliphatic rings. The van der Waals surface area contributed by atoms with E-state index in [1.165, 1.54) is 22.9 Å². The molecule has 1 unspecified atom stereocenters. The largest absolute Gasteiger partial charge is 0.374 e. The molecule has 3 aliphatic heterocycles. The van der Waals surface area contributed by atoms with E-state index in [0.29, 0.717) is 41.0 Å². The van der Waals surface area contributed by atoms with Crippen molar-refractivity contribution in [3.63, 3.8) is 0 Å². The Balaban J connectivity index is 0.691. The Morgan fingerprint density at radius 1 is 0.831 bits per heavy atom. The van der Waals surface area contributed by atoms with Gasteiger partial charge in [0.1, 0.15) is 17.6 Å². The number of pyridine rings is 1. The number of nitrogens with one attached hydrogen (secondary N) is 4.